The first kappa shape index (κ1) is 48.9. The molecule has 0 radical (unpaired) electrons. The zero-order valence-electron chi connectivity index (χ0n) is 33.8. The van der Waals surface area contributed by atoms with E-state index >= 15 is 0 Å². The fraction of sp³-hybridized carbons (Fsp3) is 0.721. The monoisotopic (exact) mass is 763 g/mol. The molecular weight excluding hydrogens is 694 g/mol. The molecule has 10 heteroatoms. The van der Waals surface area contributed by atoms with Gasteiger partial charge in [0.1, 0.15) is 11.6 Å². The summed E-state index contributed by atoms with van der Waals surface area (Å²) in [6, 6.07) is 3.13. The molecule has 0 aliphatic heterocycles. The number of benzene rings is 2. The summed E-state index contributed by atoms with van der Waals surface area (Å²) in [4.78, 5) is 0. The highest BCUT2D eigenvalue weighted by atomic mass is 19.2. The number of halogens is 6. The molecule has 0 bridgehead atoms. The second-order valence-electron chi connectivity index (χ2n) is 14.1. The summed E-state index contributed by atoms with van der Waals surface area (Å²) in [5.41, 5.74) is 0.322. The van der Waals surface area contributed by atoms with Crippen molar-refractivity contribution >= 4 is 0 Å². The van der Waals surface area contributed by atoms with Crippen molar-refractivity contribution in [1.29, 1.82) is 0 Å². The lowest BCUT2D eigenvalue weighted by molar-refractivity contribution is -0.253. The summed E-state index contributed by atoms with van der Waals surface area (Å²) >= 11 is 0. The molecule has 0 saturated heterocycles. The zero-order valence-corrected chi connectivity index (χ0v) is 33.8. The van der Waals surface area contributed by atoms with E-state index < -0.39 is 46.5 Å². The van der Waals surface area contributed by atoms with E-state index in [-0.39, 0.29) is 35.8 Å². The highest BCUT2D eigenvalue weighted by Crippen LogP contribution is 2.35. The normalized spacial score (nSPS) is 13.2. The van der Waals surface area contributed by atoms with Gasteiger partial charge in [-0.05, 0) is 76.1 Å². The van der Waals surface area contributed by atoms with Crippen molar-refractivity contribution in [2.45, 2.75) is 162 Å². The van der Waals surface area contributed by atoms with Gasteiger partial charge >= 0.3 is 0 Å². The van der Waals surface area contributed by atoms with E-state index in [4.69, 9.17) is 18.9 Å². The number of ether oxygens (including phenoxy) is 4. The van der Waals surface area contributed by atoms with Gasteiger partial charge in [-0.15, -0.1) is 0 Å². The standard InChI is InChI=1S/C22H35F3O2.C21H33F3O2/c1-5-8-9-10-11-12-13-18(22(4,26-6-2)27-7-3)14-17-15-20(24)21(25)16-19(17)23;1-5-7-8-9-10-11-12-17(21(6-2,25-3)26-4)13-16-14-19(23)20(24)15-18(16)22/h15-16,18H,5-14H2,1-4H3;14-15,17H,5-13H2,1-4H3. The lowest BCUT2D eigenvalue weighted by Gasteiger charge is -2.38. The van der Waals surface area contributed by atoms with Crippen LogP contribution in [0.4, 0.5) is 26.3 Å². The van der Waals surface area contributed by atoms with Gasteiger partial charge in [0.05, 0.1) is 0 Å². The van der Waals surface area contributed by atoms with E-state index in [1.807, 2.05) is 27.7 Å². The smallest absolute Gasteiger partial charge is 0.170 e. The molecule has 2 rings (SSSR count). The van der Waals surface area contributed by atoms with Crippen molar-refractivity contribution in [3.05, 3.63) is 70.3 Å². The minimum absolute atomic E-state index is 0.145. The maximum absolute atomic E-state index is 14.2. The lowest BCUT2D eigenvalue weighted by Crippen LogP contribution is -2.42. The van der Waals surface area contributed by atoms with Gasteiger partial charge in [-0.25, -0.2) is 26.3 Å². The Balaban J connectivity index is 0.000000530. The van der Waals surface area contributed by atoms with Crippen molar-refractivity contribution in [2.24, 2.45) is 11.8 Å². The maximum Gasteiger partial charge on any atom is 0.170 e. The number of unbranched alkanes of at least 4 members (excludes halogenated alkanes) is 10. The summed E-state index contributed by atoms with van der Waals surface area (Å²) < 4.78 is 105. The quantitative estimate of drug-likeness (QED) is 0.0393. The summed E-state index contributed by atoms with van der Waals surface area (Å²) in [6.45, 7) is 12.9. The van der Waals surface area contributed by atoms with E-state index in [1.165, 1.54) is 51.4 Å². The molecule has 306 valence electrons. The SMILES string of the molecule is CCCCCCCCC(Cc1cc(F)c(F)cc1F)C(C)(OCC)OCC.CCCCCCCCC(Cc1cc(F)c(F)cc1F)C(CC)(OC)OC. The fourth-order valence-electron chi connectivity index (χ4n) is 7.19. The first-order chi connectivity index (χ1) is 25.3. The van der Waals surface area contributed by atoms with Gasteiger partial charge in [0.25, 0.3) is 0 Å². The second kappa shape index (κ2) is 26.6. The third kappa shape index (κ3) is 16.6. The Labute approximate surface area is 316 Å². The number of hydrogen-bond acceptors (Lipinski definition) is 4. The third-order valence-corrected chi connectivity index (χ3v) is 10.3. The van der Waals surface area contributed by atoms with Crippen molar-refractivity contribution < 1.29 is 45.3 Å². The van der Waals surface area contributed by atoms with Gasteiger partial charge < -0.3 is 18.9 Å². The second-order valence-corrected chi connectivity index (χ2v) is 14.1. The average Bonchev–Trinajstić information content (AvgIpc) is 3.12. The molecule has 53 heavy (non-hydrogen) atoms. The first-order valence-corrected chi connectivity index (χ1v) is 20.0. The van der Waals surface area contributed by atoms with Crippen LogP contribution in [-0.2, 0) is 31.8 Å². The van der Waals surface area contributed by atoms with Crippen LogP contribution in [0.3, 0.4) is 0 Å². The maximum atomic E-state index is 14.2. The molecule has 0 fully saturated rings. The van der Waals surface area contributed by atoms with Crippen molar-refractivity contribution in [3.63, 3.8) is 0 Å². The number of methoxy groups -OCH3 is 2. The van der Waals surface area contributed by atoms with E-state index in [0.717, 1.165) is 50.7 Å². The van der Waals surface area contributed by atoms with Gasteiger partial charge in [-0.1, -0.05) is 97.8 Å². The Hall–Kier alpha value is -2.14. The average molecular weight is 763 g/mol. The van der Waals surface area contributed by atoms with Gasteiger partial charge in [0.15, 0.2) is 34.8 Å². The van der Waals surface area contributed by atoms with Crippen molar-refractivity contribution in [1.82, 2.24) is 0 Å². The summed E-state index contributed by atoms with van der Waals surface area (Å²) in [5.74, 6) is -7.89. The molecule has 0 saturated carbocycles. The van der Waals surface area contributed by atoms with E-state index in [1.54, 1.807) is 14.2 Å². The molecule has 0 heterocycles. The van der Waals surface area contributed by atoms with Crippen LogP contribution >= 0.6 is 0 Å². The van der Waals surface area contributed by atoms with E-state index in [9.17, 15) is 26.3 Å². The Morgan fingerprint density at radius 2 is 0.849 bits per heavy atom. The predicted octanol–water partition coefficient (Wildman–Crippen LogP) is 13.2. The minimum Gasteiger partial charge on any atom is -0.353 e. The summed E-state index contributed by atoms with van der Waals surface area (Å²) in [5, 5.41) is 0. The van der Waals surface area contributed by atoms with Crippen LogP contribution < -0.4 is 0 Å². The van der Waals surface area contributed by atoms with Gasteiger partial charge in [-0.3, -0.25) is 0 Å². The largest absolute Gasteiger partial charge is 0.353 e. The van der Waals surface area contributed by atoms with Crippen LogP contribution in [-0.4, -0.2) is 39.0 Å². The van der Waals surface area contributed by atoms with Crippen LogP contribution in [0, 0.1) is 46.7 Å². The highest BCUT2D eigenvalue weighted by Gasteiger charge is 2.38. The van der Waals surface area contributed by atoms with Crippen LogP contribution in [0.25, 0.3) is 0 Å². The van der Waals surface area contributed by atoms with Crippen LogP contribution in [0.5, 0.6) is 0 Å². The van der Waals surface area contributed by atoms with Crippen LogP contribution in [0.2, 0.25) is 0 Å². The van der Waals surface area contributed by atoms with Crippen LogP contribution in [0.1, 0.15) is 149 Å². The van der Waals surface area contributed by atoms with Crippen LogP contribution in [0.15, 0.2) is 24.3 Å². The molecule has 0 amide bonds. The topological polar surface area (TPSA) is 36.9 Å². The Bertz CT molecular complexity index is 1260. The summed E-state index contributed by atoms with van der Waals surface area (Å²) in [6.07, 6.45) is 16.4. The Kier molecular flexibility index (Phi) is 24.6. The molecule has 2 aromatic carbocycles. The summed E-state index contributed by atoms with van der Waals surface area (Å²) in [7, 11) is 3.14. The highest BCUT2D eigenvalue weighted by molar-refractivity contribution is 5.22. The molecule has 2 atom stereocenters. The van der Waals surface area contributed by atoms with Crippen molar-refractivity contribution in [3.8, 4) is 0 Å². The fourth-order valence-corrected chi connectivity index (χ4v) is 7.19. The predicted molar refractivity (Wildman–Crippen MR) is 202 cm³/mol. The molecule has 0 spiro atoms. The Morgan fingerprint density at radius 1 is 0.491 bits per heavy atom. The van der Waals surface area contributed by atoms with Crippen molar-refractivity contribution in [2.75, 3.05) is 27.4 Å². The van der Waals surface area contributed by atoms with E-state index in [0.29, 0.717) is 31.8 Å². The molecule has 0 N–H and O–H groups in total. The lowest BCUT2D eigenvalue weighted by atomic mass is 9.84. The zero-order chi connectivity index (χ0) is 39.9. The molecular formula is C43H68F6O4. The third-order valence-electron chi connectivity index (χ3n) is 10.3. The van der Waals surface area contributed by atoms with Gasteiger partial charge in [0, 0.05) is 51.4 Å². The molecule has 0 aromatic heterocycles. The minimum atomic E-state index is -1.17. The molecule has 4 nitrogen and oxygen atoms in total. The number of hydrogen-bond donors (Lipinski definition) is 0. The first-order valence-electron chi connectivity index (χ1n) is 20.0. The Morgan fingerprint density at radius 3 is 1.23 bits per heavy atom. The molecule has 0 aliphatic carbocycles. The van der Waals surface area contributed by atoms with Gasteiger partial charge in [-0.2, -0.15) is 0 Å². The molecule has 2 aromatic rings. The van der Waals surface area contributed by atoms with E-state index in [2.05, 4.69) is 13.8 Å². The number of rotatable bonds is 27. The van der Waals surface area contributed by atoms with Gasteiger partial charge in [0.2, 0.25) is 0 Å². The molecule has 2 unspecified atom stereocenters. The molecule has 0 aliphatic rings.